The van der Waals surface area contributed by atoms with Gasteiger partial charge in [-0.3, -0.25) is 9.59 Å². The van der Waals surface area contributed by atoms with Crippen molar-refractivity contribution in [1.82, 2.24) is 4.90 Å². The van der Waals surface area contributed by atoms with Gasteiger partial charge in [0, 0.05) is 19.0 Å². The highest BCUT2D eigenvalue weighted by Crippen LogP contribution is 2.24. The van der Waals surface area contributed by atoms with Crippen LogP contribution in [0.15, 0.2) is 47.1 Å². The Bertz CT molecular complexity index is 692. The first-order valence-corrected chi connectivity index (χ1v) is 7.91. The summed E-state index contributed by atoms with van der Waals surface area (Å²) in [6.07, 6.45) is 2.74. The number of benzene rings is 1. The largest absolute Gasteiger partial charge is 0.459 e. The van der Waals surface area contributed by atoms with Gasteiger partial charge in [-0.1, -0.05) is 23.7 Å². The molecule has 23 heavy (non-hydrogen) atoms. The topological polar surface area (TPSA) is 62.6 Å². The van der Waals surface area contributed by atoms with Gasteiger partial charge in [0.25, 0.3) is 5.91 Å². The molecule has 1 saturated heterocycles. The SMILES string of the molecule is O=C(Nc1ccccc1Cl)C1CCN(C(=O)c2ccco2)CC1. The Labute approximate surface area is 139 Å². The molecule has 120 valence electrons. The van der Waals surface area contributed by atoms with Gasteiger partial charge >= 0.3 is 0 Å². The number of nitrogens with zero attached hydrogens (tertiary/aromatic N) is 1. The van der Waals surface area contributed by atoms with Crippen molar-refractivity contribution in [3.63, 3.8) is 0 Å². The van der Waals surface area contributed by atoms with Crippen LogP contribution in [-0.4, -0.2) is 29.8 Å². The van der Waals surface area contributed by atoms with Gasteiger partial charge in [0.05, 0.1) is 17.0 Å². The number of amides is 2. The lowest BCUT2D eigenvalue weighted by Gasteiger charge is -2.30. The minimum atomic E-state index is -0.125. The van der Waals surface area contributed by atoms with Crippen molar-refractivity contribution in [2.45, 2.75) is 12.8 Å². The second kappa shape index (κ2) is 6.87. The number of furan rings is 1. The average molecular weight is 333 g/mol. The van der Waals surface area contributed by atoms with E-state index in [1.807, 2.05) is 12.1 Å². The molecule has 0 radical (unpaired) electrons. The average Bonchev–Trinajstić information content (AvgIpc) is 3.11. The number of carbonyl (C=O) groups excluding carboxylic acids is 2. The predicted octanol–water partition coefficient (Wildman–Crippen LogP) is 3.42. The molecule has 2 heterocycles. The van der Waals surface area contributed by atoms with Crippen LogP contribution >= 0.6 is 11.6 Å². The van der Waals surface area contributed by atoms with Gasteiger partial charge in [-0.05, 0) is 37.1 Å². The number of rotatable bonds is 3. The molecular weight excluding hydrogens is 316 g/mol. The normalized spacial score (nSPS) is 15.4. The van der Waals surface area contributed by atoms with E-state index in [4.69, 9.17) is 16.0 Å². The first-order chi connectivity index (χ1) is 11.1. The molecule has 0 bridgehead atoms. The van der Waals surface area contributed by atoms with Crippen molar-refractivity contribution in [2.75, 3.05) is 18.4 Å². The molecule has 1 N–H and O–H groups in total. The first-order valence-electron chi connectivity index (χ1n) is 7.53. The van der Waals surface area contributed by atoms with E-state index in [1.54, 1.807) is 29.2 Å². The smallest absolute Gasteiger partial charge is 0.289 e. The van der Waals surface area contributed by atoms with E-state index in [9.17, 15) is 9.59 Å². The minimum absolute atomic E-state index is 0.0526. The number of anilines is 1. The van der Waals surface area contributed by atoms with E-state index in [-0.39, 0.29) is 17.7 Å². The highest BCUT2D eigenvalue weighted by Gasteiger charge is 2.28. The third-order valence-electron chi connectivity index (χ3n) is 4.02. The summed E-state index contributed by atoms with van der Waals surface area (Å²) in [6, 6.07) is 10.5. The molecule has 0 unspecified atom stereocenters. The van der Waals surface area contributed by atoms with Gasteiger partial charge < -0.3 is 14.6 Å². The fourth-order valence-electron chi connectivity index (χ4n) is 2.70. The van der Waals surface area contributed by atoms with E-state index in [0.29, 0.717) is 42.4 Å². The van der Waals surface area contributed by atoms with Crippen LogP contribution in [0.2, 0.25) is 5.02 Å². The Morgan fingerprint density at radius 1 is 1.13 bits per heavy atom. The zero-order chi connectivity index (χ0) is 16.2. The lowest BCUT2D eigenvalue weighted by molar-refractivity contribution is -0.121. The number of hydrogen-bond acceptors (Lipinski definition) is 3. The van der Waals surface area contributed by atoms with Crippen molar-refractivity contribution < 1.29 is 14.0 Å². The molecule has 6 heteroatoms. The fourth-order valence-corrected chi connectivity index (χ4v) is 2.88. The molecule has 1 aromatic heterocycles. The van der Waals surface area contributed by atoms with Crippen molar-refractivity contribution in [1.29, 1.82) is 0 Å². The number of hydrogen-bond donors (Lipinski definition) is 1. The van der Waals surface area contributed by atoms with Crippen molar-refractivity contribution >= 4 is 29.1 Å². The van der Waals surface area contributed by atoms with Crippen molar-refractivity contribution in [3.8, 4) is 0 Å². The van der Waals surface area contributed by atoms with Gasteiger partial charge in [0.15, 0.2) is 5.76 Å². The van der Waals surface area contributed by atoms with Crippen LogP contribution in [-0.2, 0) is 4.79 Å². The Morgan fingerprint density at radius 3 is 2.52 bits per heavy atom. The highest BCUT2D eigenvalue weighted by molar-refractivity contribution is 6.33. The van der Waals surface area contributed by atoms with Crippen LogP contribution in [0.1, 0.15) is 23.4 Å². The minimum Gasteiger partial charge on any atom is -0.459 e. The Balaban J connectivity index is 1.55. The summed E-state index contributed by atoms with van der Waals surface area (Å²) >= 11 is 6.05. The summed E-state index contributed by atoms with van der Waals surface area (Å²) in [5, 5.41) is 3.38. The molecule has 2 amide bonds. The van der Waals surface area contributed by atoms with Crippen LogP contribution in [0, 0.1) is 5.92 Å². The summed E-state index contributed by atoms with van der Waals surface area (Å²) < 4.78 is 5.13. The van der Waals surface area contributed by atoms with Crippen LogP contribution in [0.3, 0.4) is 0 Å². The zero-order valence-corrected chi connectivity index (χ0v) is 13.3. The second-order valence-corrected chi connectivity index (χ2v) is 5.92. The molecule has 0 aliphatic carbocycles. The van der Waals surface area contributed by atoms with Gasteiger partial charge in [0.2, 0.25) is 5.91 Å². The number of carbonyl (C=O) groups is 2. The first kappa shape index (κ1) is 15.6. The van der Waals surface area contributed by atoms with Gasteiger partial charge in [0.1, 0.15) is 0 Å². The van der Waals surface area contributed by atoms with Gasteiger partial charge in [-0.15, -0.1) is 0 Å². The number of likely N-dealkylation sites (tertiary alicyclic amines) is 1. The third-order valence-corrected chi connectivity index (χ3v) is 4.35. The van der Waals surface area contributed by atoms with Crippen molar-refractivity contribution in [2.24, 2.45) is 5.92 Å². The summed E-state index contributed by atoms with van der Waals surface area (Å²) in [4.78, 5) is 26.2. The lowest BCUT2D eigenvalue weighted by Crippen LogP contribution is -2.41. The molecule has 1 aromatic carbocycles. The van der Waals surface area contributed by atoms with Crippen LogP contribution < -0.4 is 5.32 Å². The standard InChI is InChI=1S/C17H17ClN2O3/c18-13-4-1-2-5-14(13)19-16(21)12-7-9-20(10-8-12)17(22)15-6-3-11-23-15/h1-6,11-12H,7-10H2,(H,19,21). The quantitative estimate of drug-likeness (QED) is 0.936. The number of piperidine rings is 1. The summed E-state index contributed by atoms with van der Waals surface area (Å²) in [5.41, 5.74) is 0.619. The molecule has 3 rings (SSSR count). The maximum atomic E-state index is 12.3. The second-order valence-electron chi connectivity index (χ2n) is 5.51. The van der Waals surface area contributed by atoms with Crippen molar-refractivity contribution in [3.05, 3.63) is 53.4 Å². The monoisotopic (exact) mass is 332 g/mol. The molecule has 0 spiro atoms. The highest BCUT2D eigenvalue weighted by atomic mass is 35.5. The van der Waals surface area contributed by atoms with Gasteiger partial charge in [-0.25, -0.2) is 0 Å². The number of para-hydroxylation sites is 1. The summed E-state index contributed by atoms with van der Waals surface area (Å²) in [5.74, 6) is 0.0408. The molecule has 1 aliphatic rings. The Kier molecular flexibility index (Phi) is 4.67. The van der Waals surface area contributed by atoms with E-state index in [2.05, 4.69) is 5.32 Å². The number of halogens is 1. The Hall–Kier alpha value is -2.27. The van der Waals surface area contributed by atoms with E-state index in [0.717, 1.165) is 0 Å². The summed E-state index contributed by atoms with van der Waals surface area (Å²) in [7, 11) is 0. The van der Waals surface area contributed by atoms with Crippen LogP contribution in [0.5, 0.6) is 0 Å². The predicted molar refractivity (Wildman–Crippen MR) is 87.4 cm³/mol. The van der Waals surface area contributed by atoms with E-state index < -0.39 is 0 Å². The zero-order valence-electron chi connectivity index (χ0n) is 12.5. The fraction of sp³-hybridized carbons (Fsp3) is 0.294. The summed E-state index contributed by atoms with van der Waals surface area (Å²) in [6.45, 7) is 1.08. The molecule has 2 aromatic rings. The molecule has 1 aliphatic heterocycles. The molecule has 1 fully saturated rings. The third kappa shape index (κ3) is 3.56. The maximum Gasteiger partial charge on any atom is 0.289 e. The molecule has 0 saturated carbocycles. The van der Waals surface area contributed by atoms with E-state index in [1.165, 1.54) is 6.26 Å². The number of nitrogens with one attached hydrogen (secondary N) is 1. The van der Waals surface area contributed by atoms with Gasteiger partial charge in [-0.2, -0.15) is 0 Å². The van der Waals surface area contributed by atoms with Crippen LogP contribution in [0.4, 0.5) is 5.69 Å². The Morgan fingerprint density at radius 2 is 1.87 bits per heavy atom. The molecule has 5 nitrogen and oxygen atoms in total. The molecule has 0 atom stereocenters. The molecular formula is C17H17ClN2O3. The maximum absolute atomic E-state index is 12.3. The lowest BCUT2D eigenvalue weighted by atomic mass is 9.95. The van der Waals surface area contributed by atoms with E-state index >= 15 is 0 Å². The van der Waals surface area contributed by atoms with Crippen LogP contribution in [0.25, 0.3) is 0 Å².